The van der Waals surface area contributed by atoms with E-state index in [4.69, 9.17) is 5.90 Å². The molecule has 1 aromatic carbocycles. The molecule has 0 aromatic heterocycles. The van der Waals surface area contributed by atoms with Crippen LogP contribution in [-0.2, 0) is 21.3 Å². The molecule has 0 saturated carbocycles. The van der Waals surface area contributed by atoms with E-state index in [9.17, 15) is 8.42 Å². The number of sulfonamides is 1. The van der Waals surface area contributed by atoms with E-state index in [1.165, 1.54) is 0 Å². The van der Waals surface area contributed by atoms with Gasteiger partial charge in [0.15, 0.2) is 0 Å². The van der Waals surface area contributed by atoms with Crippen LogP contribution in [0.3, 0.4) is 0 Å². The molecule has 5 nitrogen and oxygen atoms in total. The number of nitrogens with two attached hydrogens (primary N) is 1. The summed E-state index contributed by atoms with van der Waals surface area (Å²) in [5.74, 6) is 4.92. The van der Waals surface area contributed by atoms with Crippen LogP contribution < -0.4 is 10.6 Å². The maximum Gasteiger partial charge on any atom is 0.211 e. The second-order valence-electron chi connectivity index (χ2n) is 3.67. The minimum Gasteiger partial charge on any atom is -0.303 e. The van der Waals surface area contributed by atoms with E-state index >= 15 is 0 Å². The molecular weight excluding hydrogens is 240 g/mol. The van der Waals surface area contributed by atoms with Crippen LogP contribution in [0.15, 0.2) is 30.3 Å². The van der Waals surface area contributed by atoms with Gasteiger partial charge in [-0.2, -0.15) is 0 Å². The van der Waals surface area contributed by atoms with Crippen molar-refractivity contribution in [2.75, 3.05) is 18.9 Å². The first-order chi connectivity index (χ1) is 8.14. The lowest BCUT2D eigenvalue weighted by Gasteiger charge is -2.05. The molecule has 0 heterocycles. The van der Waals surface area contributed by atoms with Crippen molar-refractivity contribution in [1.82, 2.24) is 4.72 Å². The van der Waals surface area contributed by atoms with Crippen molar-refractivity contribution in [2.45, 2.75) is 12.8 Å². The molecule has 0 spiro atoms. The molecular formula is C11H18N2O3S. The highest BCUT2D eigenvalue weighted by Gasteiger charge is 2.08. The van der Waals surface area contributed by atoms with Gasteiger partial charge in [0.1, 0.15) is 0 Å². The Kier molecular flexibility index (Phi) is 6.13. The van der Waals surface area contributed by atoms with Crippen molar-refractivity contribution in [3.63, 3.8) is 0 Å². The summed E-state index contributed by atoms with van der Waals surface area (Å²) in [6, 6.07) is 9.81. The largest absolute Gasteiger partial charge is 0.303 e. The van der Waals surface area contributed by atoms with Crippen molar-refractivity contribution in [2.24, 2.45) is 5.90 Å². The smallest absolute Gasteiger partial charge is 0.211 e. The Morgan fingerprint density at radius 3 is 2.59 bits per heavy atom. The van der Waals surface area contributed by atoms with E-state index in [1.54, 1.807) is 0 Å². The summed E-state index contributed by atoms with van der Waals surface area (Å²) in [6.45, 7) is 0.391. The van der Waals surface area contributed by atoms with Gasteiger partial charge in [0.2, 0.25) is 10.0 Å². The molecule has 0 aliphatic heterocycles. The highest BCUT2D eigenvalue weighted by atomic mass is 32.2. The van der Waals surface area contributed by atoms with Crippen molar-refractivity contribution in [3.05, 3.63) is 35.9 Å². The third-order valence-electron chi connectivity index (χ3n) is 2.26. The monoisotopic (exact) mass is 258 g/mol. The van der Waals surface area contributed by atoms with Crippen LogP contribution >= 0.6 is 0 Å². The molecule has 1 aromatic rings. The Hall–Kier alpha value is -0.950. The van der Waals surface area contributed by atoms with E-state index in [0.29, 0.717) is 6.42 Å². The molecule has 3 N–H and O–H groups in total. The Balaban J connectivity index is 2.26. The van der Waals surface area contributed by atoms with Crippen LogP contribution in [0.25, 0.3) is 0 Å². The van der Waals surface area contributed by atoms with Crippen LogP contribution in [0.1, 0.15) is 12.0 Å². The van der Waals surface area contributed by atoms with Gasteiger partial charge in [0.05, 0.1) is 12.4 Å². The number of hydrogen-bond donors (Lipinski definition) is 2. The lowest BCUT2D eigenvalue weighted by Crippen LogP contribution is -2.30. The van der Waals surface area contributed by atoms with Crippen LogP contribution in [0.2, 0.25) is 0 Å². The molecule has 0 fully saturated rings. The van der Waals surface area contributed by atoms with E-state index < -0.39 is 10.0 Å². The van der Waals surface area contributed by atoms with Gasteiger partial charge < -0.3 is 4.84 Å². The molecule has 0 unspecified atom stereocenters. The Bertz CT molecular complexity index is 406. The summed E-state index contributed by atoms with van der Waals surface area (Å²) >= 11 is 0. The number of rotatable bonds is 8. The molecule has 0 aliphatic rings. The molecule has 6 heteroatoms. The molecule has 0 amide bonds. The molecule has 0 atom stereocenters. The predicted molar refractivity (Wildman–Crippen MR) is 66.7 cm³/mol. The van der Waals surface area contributed by atoms with Crippen molar-refractivity contribution < 1.29 is 13.3 Å². The van der Waals surface area contributed by atoms with Crippen LogP contribution in [0.5, 0.6) is 0 Å². The number of benzene rings is 1. The van der Waals surface area contributed by atoms with Crippen molar-refractivity contribution in [1.29, 1.82) is 0 Å². The standard InChI is InChI=1S/C11H18N2O3S/c12-16-9-8-13-17(14,15)10-4-7-11-5-2-1-3-6-11/h1-3,5-6,13H,4,7-10,12H2. The second kappa shape index (κ2) is 7.39. The Morgan fingerprint density at radius 1 is 1.24 bits per heavy atom. The normalized spacial score (nSPS) is 11.6. The predicted octanol–water partition coefficient (Wildman–Crippen LogP) is 0.429. The fraction of sp³-hybridized carbons (Fsp3) is 0.455. The van der Waals surface area contributed by atoms with Gasteiger partial charge in [0.25, 0.3) is 0 Å². The van der Waals surface area contributed by atoms with Crippen LogP contribution in [0.4, 0.5) is 0 Å². The summed E-state index contributed by atoms with van der Waals surface area (Å²) < 4.78 is 25.4. The van der Waals surface area contributed by atoms with Crippen LogP contribution in [0, 0.1) is 0 Å². The van der Waals surface area contributed by atoms with Gasteiger partial charge >= 0.3 is 0 Å². The fourth-order valence-electron chi connectivity index (χ4n) is 1.44. The Morgan fingerprint density at radius 2 is 1.94 bits per heavy atom. The zero-order chi connectivity index (χ0) is 12.6. The van der Waals surface area contributed by atoms with Gasteiger partial charge in [-0.3, -0.25) is 0 Å². The molecule has 0 saturated heterocycles. The van der Waals surface area contributed by atoms with Crippen LogP contribution in [-0.4, -0.2) is 27.3 Å². The topological polar surface area (TPSA) is 81.4 Å². The number of hydrogen-bond acceptors (Lipinski definition) is 4. The SMILES string of the molecule is NOCCNS(=O)(=O)CCCc1ccccc1. The zero-order valence-electron chi connectivity index (χ0n) is 9.63. The summed E-state index contributed by atoms with van der Waals surface area (Å²) in [4.78, 5) is 4.28. The third-order valence-corrected chi connectivity index (χ3v) is 3.73. The van der Waals surface area contributed by atoms with Gasteiger partial charge in [-0.25, -0.2) is 19.0 Å². The fourth-order valence-corrected chi connectivity index (χ4v) is 2.50. The average Bonchev–Trinajstić information content (AvgIpc) is 2.30. The molecule has 1 rings (SSSR count). The quantitative estimate of drug-likeness (QED) is 0.523. The zero-order valence-corrected chi connectivity index (χ0v) is 10.4. The van der Waals surface area contributed by atoms with Gasteiger partial charge in [-0.1, -0.05) is 30.3 Å². The minimum atomic E-state index is -3.21. The average molecular weight is 258 g/mol. The second-order valence-corrected chi connectivity index (χ2v) is 5.60. The number of nitrogens with one attached hydrogen (secondary N) is 1. The van der Waals surface area contributed by atoms with Gasteiger partial charge in [0, 0.05) is 6.54 Å². The molecule has 0 radical (unpaired) electrons. The summed E-state index contributed by atoms with van der Waals surface area (Å²) in [5.41, 5.74) is 1.15. The first kappa shape index (κ1) is 14.1. The summed E-state index contributed by atoms with van der Waals surface area (Å²) in [6.07, 6.45) is 1.36. The first-order valence-electron chi connectivity index (χ1n) is 5.47. The number of aryl methyl sites for hydroxylation is 1. The summed E-state index contributed by atoms with van der Waals surface area (Å²) in [7, 11) is -3.21. The highest BCUT2D eigenvalue weighted by molar-refractivity contribution is 7.89. The lowest BCUT2D eigenvalue weighted by molar-refractivity contribution is 0.143. The Labute approximate surface area is 102 Å². The molecule has 0 bridgehead atoms. The maximum absolute atomic E-state index is 11.5. The van der Waals surface area contributed by atoms with E-state index in [1.807, 2.05) is 30.3 Å². The van der Waals surface area contributed by atoms with Gasteiger partial charge in [-0.15, -0.1) is 0 Å². The summed E-state index contributed by atoms with van der Waals surface area (Å²) in [5, 5.41) is 0. The lowest BCUT2D eigenvalue weighted by atomic mass is 10.1. The van der Waals surface area contributed by atoms with E-state index in [-0.39, 0.29) is 18.9 Å². The van der Waals surface area contributed by atoms with Crippen molar-refractivity contribution in [3.8, 4) is 0 Å². The van der Waals surface area contributed by atoms with E-state index in [2.05, 4.69) is 9.56 Å². The van der Waals surface area contributed by atoms with Gasteiger partial charge in [-0.05, 0) is 18.4 Å². The van der Waals surface area contributed by atoms with E-state index in [0.717, 1.165) is 12.0 Å². The minimum absolute atomic E-state index is 0.118. The first-order valence-corrected chi connectivity index (χ1v) is 7.12. The molecule has 0 aliphatic carbocycles. The van der Waals surface area contributed by atoms with Crippen molar-refractivity contribution >= 4 is 10.0 Å². The highest BCUT2D eigenvalue weighted by Crippen LogP contribution is 2.03. The molecule has 17 heavy (non-hydrogen) atoms. The third kappa shape index (κ3) is 6.38. The molecule has 96 valence electrons. The maximum atomic E-state index is 11.5.